The van der Waals surface area contributed by atoms with E-state index in [4.69, 9.17) is 4.78 Å². The third-order valence-corrected chi connectivity index (χ3v) is 3.44. The summed E-state index contributed by atoms with van der Waals surface area (Å²) in [5.74, 6) is -0.336. The van der Waals surface area contributed by atoms with Gasteiger partial charge in [-0.05, 0) is 24.3 Å². The Morgan fingerprint density at radius 2 is 2.22 bits per heavy atom. The molecule has 3 N–H and O–H groups in total. The number of rotatable bonds is 3. The second-order valence-corrected chi connectivity index (χ2v) is 5.95. The Morgan fingerprint density at radius 3 is 2.83 bits per heavy atom. The van der Waals surface area contributed by atoms with Crippen molar-refractivity contribution >= 4 is 21.3 Å². The number of amides is 1. The summed E-state index contributed by atoms with van der Waals surface area (Å²) in [5, 5.41) is 8.86. The predicted octanol–water partition coefficient (Wildman–Crippen LogP) is 1.70. The zero-order valence-electron chi connectivity index (χ0n) is 9.64. The molecule has 0 aliphatic heterocycles. The Morgan fingerprint density at radius 1 is 1.44 bits per heavy atom. The van der Waals surface area contributed by atoms with Gasteiger partial charge in [-0.15, -0.1) is 0 Å². The van der Waals surface area contributed by atoms with Crippen LogP contribution in [0.3, 0.4) is 0 Å². The molecule has 6 nitrogen and oxygen atoms in total. The summed E-state index contributed by atoms with van der Waals surface area (Å²) in [6.45, 7) is 0. The van der Waals surface area contributed by atoms with Gasteiger partial charge in [0.1, 0.15) is 5.69 Å². The number of H-pyrrole nitrogens is 1. The van der Waals surface area contributed by atoms with Crippen LogP contribution in [0.2, 0.25) is 0 Å². The number of nitrogens with one attached hydrogen (secondary N) is 3. The molecule has 1 heterocycles. The van der Waals surface area contributed by atoms with Crippen molar-refractivity contribution in [3.63, 3.8) is 0 Å². The molecule has 2 rings (SSSR count). The van der Waals surface area contributed by atoms with Gasteiger partial charge < -0.3 is 5.32 Å². The largest absolute Gasteiger partial charge is 0.321 e. The van der Waals surface area contributed by atoms with Gasteiger partial charge in [0.25, 0.3) is 5.91 Å². The van der Waals surface area contributed by atoms with E-state index in [0.717, 1.165) is 0 Å². The molecule has 1 aromatic heterocycles. The molecule has 1 atom stereocenters. The summed E-state index contributed by atoms with van der Waals surface area (Å²) in [6.07, 6.45) is 2.82. The highest BCUT2D eigenvalue weighted by molar-refractivity contribution is 7.91. The molecule has 0 aliphatic rings. The first-order chi connectivity index (χ1) is 8.47. The summed E-state index contributed by atoms with van der Waals surface area (Å²) in [6, 6.07) is 8.00. The van der Waals surface area contributed by atoms with Gasteiger partial charge in [-0.25, -0.2) is 8.99 Å². The fourth-order valence-corrected chi connectivity index (χ4v) is 2.09. The average molecular weight is 264 g/mol. The van der Waals surface area contributed by atoms with Crippen molar-refractivity contribution in [2.75, 3.05) is 11.6 Å². The predicted molar refractivity (Wildman–Crippen MR) is 68.0 cm³/mol. The number of hydrogen-bond donors (Lipinski definition) is 3. The van der Waals surface area contributed by atoms with E-state index in [9.17, 15) is 9.00 Å². The average Bonchev–Trinajstić information content (AvgIpc) is 2.81. The molecular weight excluding hydrogens is 252 g/mol. The standard InChI is InChI=1S/C11H12N4O2S/c1-18(12,17)9-4-2-3-8(7-9)14-11(16)10-5-6-13-15-10/h2-7,12H,1H3,(H,13,15)(H,14,16). The van der Waals surface area contributed by atoms with Gasteiger partial charge in [0.2, 0.25) is 0 Å². The molecule has 1 aromatic carbocycles. The smallest absolute Gasteiger partial charge is 0.273 e. The first-order valence-corrected chi connectivity index (χ1v) is 7.08. The summed E-state index contributed by atoms with van der Waals surface area (Å²) in [7, 11) is -2.79. The van der Waals surface area contributed by atoms with E-state index in [1.807, 2.05) is 0 Å². The molecule has 0 bridgehead atoms. The van der Waals surface area contributed by atoms with E-state index in [0.29, 0.717) is 16.3 Å². The Kier molecular flexibility index (Phi) is 3.15. The zero-order valence-corrected chi connectivity index (χ0v) is 10.5. The maximum absolute atomic E-state index is 11.7. The van der Waals surface area contributed by atoms with Crippen LogP contribution in [0.4, 0.5) is 5.69 Å². The lowest BCUT2D eigenvalue weighted by Gasteiger charge is -2.06. The number of anilines is 1. The first-order valence-electron chi connectivity index (χ1n) is 5.11. The van der Waals surface area contributed by atoms with Gasteiger partial charge in [-0.1, -0.05) is 6.07 Å². The van der Waals surface area contributed by atoms with E-state index in [2.05, 4.69) is 15.5 Å². The monoisotopic (exact) mass is 264 g/mol. The van der Waals surface area contributed by atoms with E-state index < -0.39 is 9.73 Å². The Bertz CT molecular complexity index is 662. The van der Waals surface area contributed by atoms with Gasteiger partial charge in [0.05, 0.1) is 9.73 Å². The Labute approximate surface area is 104 Å². The zero-order chi connectivity index (χ0) is 13.2. The number of carbonyl (C=O) groups is 1. The molecule has 94 valence electrons. The molecule has 0 saturated heterocycles. The molecular formula is C11H12N4O2S. The van der Waals surface area contributed by atoms with Crippen molar-refractivity contribution in [1.29, 1.82) is 4.78 Å². The minimum absolute atomic E-state index is 0.336. The van der Waals surface area contributed by atoms with Crippen LogP contribution >= 0.6 is 0 Å². The molecule has 1 amide bonds. The van der Waals surface area contributed by atoms with Crippen molar-refractivity contribution < 1.29 is 9.00 Å². The second-order valence-electron chi connectivity index (χ2n) is 3.80. The Balaban J connectivity index is 2.23. The number of nitrogens with zero attached hydrogens (tertiary/aromatic N) is 1. The topological polar surface area (TPSA) is 98.7 Å². The number of hydrogen-bond acceptors (Lipinski definition) is 4. The molecule has 0 spiro atoms. The summed E-state index contributed by atoms with van der Waals surface area (Å²) < 4.78 is 19.1. The van der Waals surface area contributed by atoms with Crippen LogP contribution in [0.1, 0.15) is 10.5 Å². The summed E-state index contributed by atoms with van der Waals surface area (Å²) >= 11 is 0. The third-order valence-electron chi connectivity index (χ3n) is 2.29. The van der Waals surface area contributed by atoms with Crippen LogP contribution in [-0.4, -0.2) is 26.6 Å². The quantitative estimate of drug-likeness (QED) is 0.786. The lowest BCUT2D eigenvalue weighted by molar-refractivity contribution is 0.102. The fraction of sp³-hybridized carbons (Fsp3) is 0.0909. The van der Waals surface area contributed by atoms with Crippen molar-refractivity contribution in [2.24, 2.45) is 0 Å². The van der Waals surface area contributed by atoms with Gasteiger partial charge in [0.15, 0.2) is 0 Å². The van der Waals surface area contributed by atoms with Crippen LogP contribution in [0.5, 0.6) is 0 Å². The summed E-state index contributed by atoms with van der Waals surface area (Å²) in [5.41, 5.74) is 0.831. The highest BCUT2D eigenvalue weighted by Crippen LogP contribution is 2.16. The minimum Gasteiger partial charge on any atom is -0.321 e. The molecule has 2 aromatic rings. The van der Waals surface area contributed by atoms with Crippen LogP contribution in [0.25, 0.3) is 0 Å². The molecule has 7 heteroatoms. The van der Waals surface area contributed by atoms with Crippen LogP contribution < -0.4 is 5.32 Å². The maximum atomic E-state index is 11.7. The highest BCUT2D eigenvalue weighted by Gasteiger charge is 2.09. The fourth-order valence-electron chi connectivity index (χ4n) is 1.40. The van der Waals surface area contributed by atoms with Crippen LogP contribution in [0.15, 0.2) is 41.4 Å². The molecule has 0 saturated carbocycles. The van der Waals surface area contributed by atoms with Crippen LogP contribution in [0, 0.1) is 4.78 Å². The number of aromatic amines is 1. The van der Waals surface area contributed by atoms with E-state index in [-0.39, 0.29) is 5.91 Å². The number of benzene rings is 1. The maximum Gasteiger partial charge on any atom is 0.273 e. The number of aromatic nitrogens is 2. The van der Waals surface area contributed by atoms with E-state index in [1.165, 1.54) is 18.5 Å². The van der Waals surface area contributed by atoms with Gasteiger partial charge in [-0.3, -0.25) is 9.89 Å². The van der Waals surface area contributed by atoms with Crippen molar-refractivity contribution in [1.82, 2.24) is 10.2 Å². The second kappa shape index (κ2) is 4.61. The highest BCUT2D eigenvalue weighted by atomic mass is 32.2. The number of carbonyl (C=O) groups excluding carboxylic acids is 1. The third kappa shape index (κ3) is 2.75. The van der Waals surface area contributed by atoms with Crippen molar-refractivity contribution in [3.05, 3.63) is 42.2 Å². The van der Waals surface area contributed by atoms with E-state index in [1.54, 1.807) is 24.3 Å². The van der Waals surface area contributed by atoms with Gasteiger partial charge in [-0.2, -0.15) is 5.10 Å². The molecule has 0 aliphatic carbocycles. The molecule has 0 radical (unpaired) electrons. The Hall–Kier alpha value is -2.15. The SMILES string of the molecule is CS(=N)(=O)c1cccc(NC(=O)c2ccn[nH]2)c1. The van der Waals surface area contributed by atoms with Crippen molar-refractivity contribution in [2.45, 2.75) is 4.90 Å². The van der Waals surface area contributed by atoms with E-state index >= 15 is 0 Å². The first kappa shape index (κ1) is 12.3. The molecule has 0 fully saturated rings. The lowest BCUT2D eigenvalue weighted by Crippen LogP contribution is -2.12. The normalized spacial score (nSPS) is 13.8. The molecule has 1 unspecified atom stereocenters. The van der Waals surface area contributed by atoms with Gasteiger partial charge in [0, 0.05) is 23.0 Å². The summed E-state index contributed by atoms with van der Waals surface area (Å²) in [4.78, 5) is 12.1. The van der Waals surface area contributed by atoms with Crippen molar-refractivity contribution in [3.8, 4) is 0 Å². The van der Waals surface area contributed by atoms with Gasteiger partial charge >= 0.3 is 0 Å². The minimum atomic E-state index is -2.79. The van der Waals surface area contributed by atoms with Crippen LogP contribution in [-0.2, 0) is 9.73 Å². The lowest BCUT2D eigenvalue weighted by atomic mass is 10.3. The molecule has 18 heavy (non-hydrogen) atoms.